The first-order valence-corrected chi connectivity index (χ1v) is 12.2. The first kappa shape index (κ1) is 28.5. The van der Waals surface area contributed by atoms with Gasteiger partial charge in [0.25, 0.3) is 5.91 Å². The molecule has 0 saturated heterocycles. The van der Waals surface area contributed by atoms with Crippen LogP contribution >= 0.6 is 12.4 Å². The molecule has 4 rings (SSSR count). The van der Waals surface area contributed by atoms with Gasteiger partial charge in [-0.3, -0.25) is 24.6 Å². The van der Waals surface area contributed by atoms with Gasteiger partial charge in [0.2, 0.25) is 5.91 Å². The van der Waals surface area contributed by atoms with Crippen molar-refractivity contribution in [3.8, 4) is 0 Å². The van der Waals surface area contributed by atoms with Crippen LogP contribution in [0.1, 0.15) is 23.6 Å². The first-order chi connectivity index (χ1) is 17.3. The molecule has 0 aliphatic carbocycles. The highest BCUT2D eigenvalue weighted by molar-refractivity contribution is 5.98. The summed E-state index contributed by atoms with van der Waals surface area (Å²) in [5.41, 5.74) is 4.72. The quantitative estimate of drug-likeness (QED) is 0.391. The molecule has 1 aliphatic heterocycles. The van der Waals surface area contributed by atoms with Gasteiger partial charge in [-0.1, -0.05) is 13.0 Å². The van der Waals surface area contributed by atoms with Gasteiger partial charge in [0, 0.05) is 51.3 Å². The summed E-state index contributed by atoms with van der Waals surface area (Å²) in [5, 5.41) is 15.0. The van der Waals surface area contributed by atoms with Crippen molar-refractivity contribution in [2.24, 2.45) is 7.05 Å². The molecule has 0 spiro atoms. The van der Waals surface area contributed by atoms with E-state index in [0.717, 1.165) is 39.8 Å². The average molecular weight is 532 g/mol. The number of hydrogen-bond donors (Lipinski definition) is 2. The number of halogens is 2. The van der Waals surface area contributed by atoms with Crippen LogP contribution in [0.15, 0.2) is 36.5 Å². The number of amides is 2. The Balaban J connectivity index is 0.00000380. The van der Waals surface area contributed by atoms with Crippen molar-refractivity contribution in [1.82, 2.24) is 30.4 Å². The summed E-state index contributed by atoms with van der Waals surface area (Å²) in [6.07, 6.45) is 1.79. The van der Waals surface area contributed by atoms with Crippen molar-refractivity contribution >= 4 is 40.8 Å². The molecule has 37 heavy (non-hydrogen) atoms. The maximum Gasteiger partial charge on any atom is 0.250 e. The fourth-order valence-electron chi connectivity index (χ4n) is 4.53. The Labute approximate surface area is 223 Å². The van der Waals surface area contributed by atoms with Gasteiger partial charge in [-0.05, 0) is 54.4 Å². The average Bonchev–Trinajstić information content (AvgIpc) is 3.43. The highest BCUT2D eigenvalue weighted by Gasteiger charge is 2.26. The number of hydrazine groups is 1. The molecule has 11 heteroatoms. The van der Waals surface area contributed by atoms with E-state index in [2.05, 4.69) is 15.7 Å². The molecular formula is C26H35ClFN7O2. The number of hydrogen-bond acceptors (Lipinski definition) is 6. The first-order valence-electron chi connectivity index (χ1n) is 12.2. The van der Waals surface area contributed by atoms with Crippen LogP contribution in [0.5, 0.6) is 0 Å². The Kier molecular flexibility index (Phi) is 9.61. The second-order valence-electron chi connectivity index (χ2n) is 9.12. The van der Waals surface area contributed by atoms with E-state index in [1.807, 2.05) is 42.7 Å². The van der Waals surface area contributed by atoms with Crippen molar-refractivity contribution in [3.63, 3.8) is 0 Å². The van der Waals surface area contributed by atoms with Gasteiger partial charge in [0.15, 0.2) is 0 Å². The summed E-state index contributed by atoms with van der Waals surface area (Å²) in [6.45, 7) is 7.07. The van der Waals surface area contributed by atoms with Gasteiger partial charge < -0.3 is 10.2 Å². The molecule has 2 heterocycles. The van der Waals surface area contributed by atoms with Gasteiger partial charge >= 0.3 is 0 Å². The van der Waals surface area contributed by atoms with E-state index in [9.17, 15) is 14.0 Å². The van der Waals surface area contributed by atoms with Crippen LogP contribution in [0.3, 0.4) is 0 Å². The zero-order valence-electron chi connectivity index (χ0n) is 21.8. The van der Waals surface area contributed by atoms with E-state index >= 15 is 0 Å². The summed E-state index contributed by atoms with van der Waals surface area (Å²) in [5.74, 6) is -0.552. The molecule has 0 fully saturated rings. The van der Waals surface area contributed by atoms with Crippen LogP contribution < -0.4 is 15.5 Å². The lowest BCUT2D eigenvalue weighted by molar-refractivity contribution is -0.145. The minimum absolute atomic E-state index is 0. The maximum atomic E-state index is 13.5. The van der Waals surface area contributed by atoms with E-state index in [1.54, 1.807) is 29.2 Å². The fourth-order valence-corrected chi connectivity index (χ4v) is 4.53. The molecule has 0 unspecified atom stereocenters. The van der Waals surface area contributed by atoms with Crippen LogP contribution in [0.4, 0.5) is 10.1 Å². The maximum absolute atomic E-state index is 13.5. The van der Waals surface area contributed by atoms with Crippen LogP contribution in [-0.4, -0.2) is 71.4 Å². The highest BCUT2D eigenvalue weighted by Crippen LogP contribution is 2.27. The minimum Gasteiger partial charge on any atom is -0.315 e. The summed E-state index contributed by atoms with van der Waals surface area (Å²) < 4.78 is 15.3. The van der Waals surface area contributed by atoms with Crippen molar-refractivity contribution < 1.29 is 14.0 Å². The molecule has 2 amide bonds. The van der Waals surface area contributed by atoms with Crippen LogP contribution in [0.2, 0.25) is 0 Å². The Morgan fingerprint density at radius 3 is 2.57 bits per heavy atom. The SMILES string of the molecule is CCNCCN(C(=O)CNCC(=O)N(C)N1Cc2ccc(F)cc2C1)c1cc2cnn(C)c2cc1C.Cl. The lowest BCUT2D eigenvalue weighted by Gasteiger charge is -2.28. The van der Waals surface area contributed by atoms with E-state index in [4.69, 9.17) is 0 Å². The zero-order chi connectivity index (χ0) is 25.8. The number of carbonyl (C=O) groups is 2. The molecule has 9 nitrogen and oxygen atoms in total. The predicted molar refractivity (Wildman–Crippen MR) is 145 cm³/mol. The molecular weight excluding hydrogens is 497 g/mol. The van der Waals surface area contributed by atoms with E-state index in [0.29, 0.717) is 26.2 Å². The normalized spacial score (nSPS) is 12.9. The number of fused-ring (bicyclic) bond motifs is 2. The lowest BCUT2D eigenvalue weighted by atomic mass is 10.1. The van der Waals surface area contributed by atoms with E-state index in [1.165, 1.54) is 12.1 Å². The molecule has 0 saturated carbocycles. The van der Waals surface area contributed by atoms with Gasteiger partial charge in [0.1, 0.15) is 5.82 Å². The van der Waals surface area contributed by atoms with Gasteiger partial charge in [0.05, 0.1) is 24.8 Å². The Bertz CT molecular complexity index is 1270. The van der Waals surface area contributed by atoms with Crippen molar-refractivity contribution in [2.45, 2.75) is 26.9 Å². The lowest BCUT2D eigenvalue weighted by Crippen LogP contribution is -2.47. The second kappa shape index (κ2) is 12.5. The fraction of sp³-hybridized carbons (Fsp3) is 0.423. The number of likely N-dealkylation sites (N-methyl/N-ethyl adjacent to an activating group) is 2. The molecule has 0 bridgehead atoms. The third-order valence-electron chi connectivity index (χ3n) is 6.63. The van der Waals surface area contributed by atoms with Crippen LogP contribution in [0, 0.1) is 12.7 Å². The number of carbonyl (C=O) groups excluding carboxylic acids is 2. The van der Waals surface area contributed by atoms with Gasteiger partial charge in [-0.15, -0.1) is 12.4 Å². The predicted octanol–water partition coefficient (Wildman–Crippen LogP) is 2.36. The van der Waals surface area contributed by atoms with Crippen molar-refractivity contribution in [1.29, 1.82) is 0 Å². The zero-order valence-corrected chi connectivity index (χ0v) is 22.6. The molecule has 2 aromatic carbocycles. The number of rotatable bonds is 10. The monoisotopic (exact) mass is 531 g/mol. The molecule has 1 aromatic heterocycles. The standard InChI is InChI=1S/C26H34FN7O2.ClH/c1-5-28-8-9-34(23-12-20-13-30-31(3)24(20)10-18(23)2)26(36)15-29-14-25(35)32(4)33-16-19-6-7-22(27)11-21(19)17-33;/h6-7,10-13,28-29H,5,8-9,14-17H2,1-4H3;1H. The number of anilines is 1. The van der Waals surface area contributed by atoms with E-state index < -0.39 is 0 Å². The Hall–Kier alpha value is -3.05. The number of nitrogens with zero attached hydrogens (tertiary/aromatic N) is 5. The summed E-state index contributed by atoms with van der Waals surface area (Å²) in [4.78, 5) is 27.8. The number of aromatic nitrogens is 2. The highest BCUT2D eigenvalue weighted by atomic mass is 35.5. The molecule has 0 atom stereocenters. The molecule has 3 aromatic rings. The summed E-state index contributed by atoms with van der Waals surface area (Å²) >= 11 is 0. The Morgan fingerprint density at radius 2 is 1.81 bits per heavy atom. The molecule has 2 N–H and O–H groups in total. The summed E-state index contributed by atoms with van der Waals surface area (Å²) in [7, 11) is 3.59. The Morgan fingerprint density at radius 1 is 1.08 bits per heavy atom. The number of benzene rings is 2. The molecule has 0 radical (unpaired) electrons. The number of aryl methyl sites for hydroxylation is 2. The molecule has 200 valence electrons. The van der Waals surface area contributed by atoms with Crippen molar-refractivity contribution in [2.75, 3.05) is 44.7 Å². The van der Waals surface area contributed by atoms with Crippen molar-refractivity contribution in [3.05, 3.63) is 59.0 Å². The summed E-state index contributed by atoms with van der Waals surface area (Å²) in [6, 6.07) is 8.74. The molecule has 1 aliphatic rings. The second-order valence-corrected chi connectivity index (χ2v) is 9.12. The smallest absolute Gasteiger partial charge is 0.250 e. The van der Waals surface area contributed by atoms with E-state index in [-0.39, 0.29) is 43.1 Å². The van der Waals surface area contributed by atoms with Crippen LogP contribution in [0.25, 0.3) is 10.9 Å². The third kappa shape index (κ3) is 6.45. The van der Waals surface area contributed by atoms with Crippen LogP contribution in [-0.2, 0) is 29.7 Å². The van der Waals surface area contributed by atoms with Gasteiger partial charge in [-0.25, -0.2) is 9.40 Å². The third-order valence-corrected chi connectivity index (χ3v) is 6.63. The largest absolute Gasteiger partial charge is 0.315 e. The van der Waals surface area contributed by atoms with Gasteiger partial charge in [-0.2, -0.15) is 5.10 Å². The topological polar surface area (TPSA) is 85.7 Å². The minimum atomic E-state index is -0.277. The number of nitrogens with one attached hydrogen (secondary N) is 2.